The summed E-state index contributed by atoms with van der Waals surface area (Å²) in [6.07, 6.45) is 71.8. The summed E-state index contributed by atoms with van der Waals surface area (Å²) in [6.45, 7) is 4.00. The number of unbranched alkanes of at least 4 members (excludes halogenated alkanes) is 5. The SMILES string of the molecule is C/C=C/CC/C=C/CC/C=C/CCCC(O)C(O)C(COP(=O)([O-])OCC[N+](C)(C)C)NC(=O)CCCC/C=C\C/C=C\C/C=C\C/C=C\C/C=C\C/C=C\C/C=C\C/C=C\C/C=C\C/C=C\CC. The van der Waals surface area contributed by atoms with Gasteiger partial charge < -0.3 is 34.0 Å². The summed E-state index contributed by atoms with van der Waals surface area (Å²) >= 11 is 0. The molecule has 69 heavy (non-hydrogen) atoms. The van der Waals surface area contributed by atoms with Crippen LogP contribution in [0.3, 0.4) is 0 Å². The van der Waals surface area contributed by atoms with Crippen LogP contribution in [0.25, 0.3) is 0 Å². The predicted octanol–water partition coefficient (Wildman–Crippen LogP) is 13.9. The van der Waals surface area contributed by atoms with E-state index in [1.165, 1.54) is 0 Å². The molecule has 0 radical (unpaired) electrons. The number of nitrogens with zero attached hydrogens (tertiary/aromatic N) is 1. The molecule has 0 spiro atoms. The summed E-state index contributed by atoms with van der Waals surface area (Å²) in [6, 6.07) is -1.14. The molecule has 0 aliphatic rings. The number of hydrogen-bond acceptors (Lipinski definition) is 7. The van der Waals surface area contributed by atoms with Gasteiger partial charge in [-0.15, -0.1) is 0 Å². The van der Waals surface area contributed by atoms with Crippen LogP contribution in [-0.4, -0.2) is 79.8 Å². The third-order valence-electron chi connectivity index (χ3n) is 10.4. The highest BCUT2D eigenvalue weighted by Crippen LogP contribution is 2.38. The fourth-order valence-electron chi connectivity index (χ4n) is 6.32. The zero-order chi connectivity index (χ0) is 50.8. The number of amides is 1. The molecule has 0 aliphatic carbocycles. The summed E-state index contributed by atoms with van der Waals surface area (Å²) in [5.41, 5.74) is 0. The molecule has 4 unspecified atom stereocenters. The number of nitrogens with one attached hydrogen (secondary N) is 1. The minimum atomic E-state index is -4.71. The van der Waals surface area contributed by atoms with E-state index in [9.17, 15) is 24.5 Å². The molecule has 0 saturated carbocycles. The molecule has 3 N–H and O–H groups in total. The van der Waals surface area contributed by atoms with E-state index >= 15 is 0 Å². The van der Waals surface area contributed by atoms with Gasteiger partial charge in [-0.2, -0.15) is 0 Å². The van der Waals surface area contributed by atoms with Gasteiger partial charge in [0.2, 0.25) is 5.91 Å². The van der Waals surface area contributed by atoms with Crippen molar-refractivity contribution in [1.82, 2.24) is 5.32 Å². The molecule has 0 aliphatic heterocycles. The van der Waals surface area contributed by atoms with Gasteiger partial charge in [0, 0.05) is 6.42 Å². The minimum absolute atomic E-state index is 0.0688. The smallest absolute Gasteiger partial charge is 0.268 e. The lowest BCUT2D eigenvalue weighted by molar-refractivity contribution is -0.870. The Morgan fingerprint density at radius 2 is 0.928 bits per heavy atom. The van der Waals surface area contributed by atoms with Crippen molar-refractivity contribution in [2.24, 2.45) is 0 Å². The number of aliphatic hydroxyl groups is 2. The molecule has 0 fully saturated rings. The minimum Gasteiger partial charge on any atom is -0.756 e. The standard InChI is InChI=1S/C59H95N2O7P/c1-6-8-10-12-14-16-18-20-21-22-23-24-25-26-27-28-29-30-31-32-33-34-35-36-37-38-39-40-42-44-46-48-50-52-58(63)60-56(55-68-69(65,66)67-54-53-61(3,4)5)59(64)57(62)51-49-47-45-43-41-19-17-15-13-11-9-7-2/h7-10,14-17,20-21,23-24,26-27,29-30,32-33,35-36,38-39,42-45,56-57,59,62,64H,6,11-13,18-19,22,25,28,31,34,37,40-41,46-55H2,1-5H3,(H-,60,63,65,66)/b9-7+,10-8-,16-14-,17-15+,21-20-,24-23-,27-26-,30-29-,33-32-,36-35-,39-38-,44-42-,45-43+. The first-order valence-electron chi connectivity index (χ1n) is 25.9. The maximum atomic E-state index is 12.9. The number of aliphatic hydroxyl groups excluding tert-OH is 2. The number of likely N-dealkylation sites (N-methyl/N-ethyl adjacent to an activating group) is 1. The lowest BCUT2D eigenvalue weighted by Gasteiger charge is -2.31. The van der Waals surface area contributed by atoms with Gasteiger partial charge in [0.05, 0.1) is 39.9 Å². The van der Waals surface area contributed by atoms with E-state index in [1.807, 2.05) is 28.1 Å². The van der Waals surface area contributed by atoms with E-state index < -0.39 is 32.7 Å². The Morgan fingerprint density at radius 3 is 1.35 bits per heavy atom. The zero-order valence-corrected chi connectivity index (χ0v) is 44.4. The van der Waals surface area contributed by atoms with Crippen molar-refractivity contribution in [2.45, 2.75) is 167 Å². The Bertz CT molecular complexity index is 1690. The van der Waals surface area contributed by atoms with Gasteiger partial charge in [-0.1, -0.05) is 165 Å². The van der Waals surface area contributed by atoms with Gasteiger partial charge in [-0.3, -0.25) is 9.36 Å². The van der Waals surface area contributed by atoms with Crippen molar-refractivity contribution in [3.63, 3.8) is 0 Å². The second-order valence-corrected chi connectivity index (χ2v) is 19.3. The van der Waals surface area contributed by atoms with Gasteiger partial charge >= 0.3 is 0 Å². The van der Waals surface area contributed by atoms with Crippen LogP contribution < -0.4 is 10.2 Å². The molecule has 0 aromatic carbocycles. The summed E-state index contributed by atoms with van der Waals surface area (Å²) in [5.74, 6) is -0.347. The Kier molecular flexibility index (Phi) is 45.0. The van der Waals surface area contributed by atoms with E-state index in [-0.39, 0.29) is 25.4 Å². The Balaban J connectivity index is 4.44. The topological polar surface area (TPSA) is 128 Å². The average Bonchev–Trinajstić information content (AvgIpc) is 3.31. The molecule has 388 valence electrons. The van der Waals surface area contributed by atoms with Crippen molar-refractivity contribution < 1.29 is 38.0 Å². The number of carbonyl (C=O) groups excluding carboxylic acids is 1. The number of phosphoric ester groups is 1. The third-order valence-corrected chi connectivity index (χ3v) is 11.4. The Labute approximate surface area is 421 Å². The Morgan fingerprint density at radius 1 is 0.551 bits per heavy atom. The maximum Gasteiger partial charge on any atom is 0.268 e. The van der Waals surface area contributed by atoms with E-state index in [2.05, 4.69) is 170 Å². The molecule has 0 aromatic heterocycles. The summed E-state index contributed by atoms with van der Waals surface area (Å²) in [7, 11) is 1.03. The van der Waals surface area contributed by atoms with Gasteiger partial charge in [0.1, 0.15) is 19.3 Å². The molecule has 0 rings (SSSR count). The predicted molar refractivity (Wildman–Crippen MR) is 293 cm³/mol. The van der Waals surface area contributed by atoms with Crippen LogP contribution in [0.15, 0.2) is 158 Å². The first kappa shape index (κ1) is 65.1. The zero-order valence-electron chi connectivity index (χ0n) is 43.5. The molecule has 9 nitrogen and oxygen atoms in total. The fourth-order valence-corrected chi connectivity index (χ4v) is 7.04. The number of carbonyl (C=O) groups is 1. The Hall–Kier alpha value is -3.92. The van der Waals surface area contributed by atoms with E-state index in [0.29, 0.717) is 23.9 Å². The third kappa shape index (κ3) is 48.9. The normalized spacial score (nSPS) is 15.8. The molecule has 0 aromatic rings. The summed E-state index contributed by atoms with van der Waals surface area (Å²) in [4.78, 5) is 25.4. The van der Waals surface area contributed by atoms with E-state index in [1.54, 1.807) is 0 Å². The van der Waals surface area contributed by atoms with Crippen molar-refractivity contribution >= 4 is 13.7 Å². The highest BCUT2D eigenvalue weighted by molar-refractivity contribution is 7.45. The maximum absolute atomic E-state index is 12.9. The molecule has 1 amide bonds. The molecular formula is C59H95N2O7P. The number of phosphoric acid groups is 1. The van der Waals surface area contributed by atoms with Crippen LogP contribution in [0.5, 0.6) is 0 Å². The van der Waals surface area contributed by atoms with Gasteiger partial charge in [0.25, 0.3) is 7.82 Å². The monoisotopic (exact) mass is 975 g/mol. The lowest BCUT2D eigenvalue weighted by atomic mass is 10.0. The van der Waals surface area contributed by atoms with Crippen LogP contribution in [0, 0.1) is 0 Å². The summed E-state index contributed by atoms with van der Waals surface area (Å²) in [5, 5.41) is 24.6. The number of hydrogen-bond donors (Lipinski definition) is 3. The highest BCUT2D eigenvalue weighted by atomic mass is 31.2. The number of rotatable bonds is 44. The second-order valence-electron chi connectivity index (χ2n) is 17.9. The molecule has 0 saturated heterocycles. The van der Waals surface area contributed by atoms with Crippen LogP contribution in [-0.2, 0) is 18.4 Å². The average molecular weight is 975 g/mol. The first-order chi connectivity index (χ1) is 33.4. The number of allylic oxidation sites excluding steroid dienone is 26. The van der Waals surface area contributed by atoms with Crippen LogP contribution >= 0.6 is 7.82 Å². The van der Waals surface area contributed by atoms with Gasteiger partial charge in [0.15, 0.2) is 0 Å². The quantitative estimate of drug-likeness (QED) is 0.0240. The summed E-state index contributed by atoms with van der Waals surface area (Å²) < 4.78 is 23.1. The van der Waals surface area contributed by atoms with Crippen LogP contribution in [0.4, 0.5) is 0 Å². The van der Waals surface area contributed by atoms with Crippen molar-refractivity contribution in [1.29, 1.82) is 0 Å². The molecule has 0 bridgehead atoms. The molecule has 10 heteroatoms. The fraction of sp³-hybridized carbons (Fsp3) is 0.542. The number of quaternary nitrogens is 1. The van der Waals surface area contributed by atoms with Crippen LogP contribution in [0.1, 0.15) is 149 Å². The largest absolute Gasteiger partial charge is 0.756 e. The van der Waals surface area contributed by atoms with E-state index in [4.69, 9.17) is 9.05 Å². The van der Waals surface area contributed by atoms with Crippen LogP contribution in [0.2, 0.25) is 0 Å². The highest BCUT2D eigenvalue weighted by Gasteiger charge is 2.29. The molecule has 0 heterocycles. The van der Waals surface area contributed by atoms with Crippen molar-refractivity contribution in [2.75, 3.05) is 40.9 Å². The second kappa shape index (κ2) is 47.7. The van der Waals surface area contributed by atoms with Crippen molar-refractivity contribution in [3.05, 3.63) is 158 Å². The van der Waals surface area contributed by atoms with E-state index in [0.717, 1.165) is 109 Å². The molecular weight excluding hydrogens is 880 g/mol. The van der Waals surface area contributed by atoms with Gasteiger partial charge in [-0.05, 0) is 135 Å². The first-order valence-corrected chi connectivity index (χ1v) is 27.3. The van der Waals surface area contributed by atoms with Gasteiger partial charge in [-0.25, -0.2) is 0 Å². The molecule has 4 atom stereocenters. The lowest BCUT2D eigenvalue weighted by Crippen LogP contribution is -2.51. The van der Waals surface area contributed by atoms with Crippen molar-refractivity contribution in [3.8, 4) is 0 Å².